The molecule has 166 valence electrons. The van der Waals surface area contributed by atoms with Crippen molar-refractivity contribution in [3.8, 4) is 28.4 Å². The maximum absolute atomic E-state index is 13.6. The molecule has 1 N–H and O–H groups in total. The molecule has 0 bridgehead atoms. The summed E-state index contributed by atoms with van der Waals surface area (Å²) in [6, 6.07) is 16.9. The van der Waals surface area contributed by atoms with Crippen LogP contribution in [0.25, 0.3) is 17.2 Å². The first-order valence-corrected chi connectivity index (χ1v) is 10.1. The minimum atomic E-state index is -0.745. The van der Waals surface area contributed by atoms with Crippen LogP contribution in [0.1, 0.15) is 15.9 Å². The molecular weight excluding hydrogens is 409 g/mol. The van der Waals surface area contributed by atoms with Gasteiger partial charge in [-0.15, -0.1) is 0 Å². The van der Waals surface area contributed by atoms with E-state index >= 15 is 0 Å². The van der Waals surface area contributed by atoms with Gasteiger partial charge in [-0.05, 0) is 61.6 Å². The average Bonchev–Trinajstić information content (AvgIpc) is 2.79. The Morgan fingerprint density at radius 3 is 2.56 bits per heavy atom. The summed E-state index contributed by atoms with van der Waals surface area (Å²) in [5.41, 5.74) is 2.52. The molecule has 0 atom stereocenters. The van der Waals surface area contributed by atoms with Crippen molar-refractivity contribution in [2.75, 3.05) is 34.4 Å². The molecule has 0 fully saturated rings. The maximum Gasteiger partial charge on any atom is 0.189 e. The molecule has 0 radical (unpaired) electrons. The van der Waals surface area contributed by atoms with Gasteiger partial charge in [0.2, 0.25) is 0 Å². The number of aromatic hydroxyl groups is 1. The summed E-state index contributed by atoms with van der Waals surface area (Å²) in [7, 11) is 5.49. The zero-order valence-corrected chi connectivity index (χ0v) is 18.3. The number of para-hydroxylation sites is 1. The number of likely N-dealkylation sites (N-methyl/N-ethyl adjacent to an activating group) is 1. The number of hydrogen-bond donors (Lipinski definition) is 1. The number of phenolic OH excluding ortho intramolecular Hbond substituents is 1. The molecule has 0 heterocycles. The first kappa shape index (κ1) is 23.0. The fourth-order valence-corrected chi connectivity index (χ4v) is 3.13. The lowest BCUT2D eigenvalue weighted by Crippen LogP contribution is -2.20. The molecule has 0 unspecified atom stereocenters. The van der Waals surface area contributed by atoms with Gasteiger partial charge in [0, 0.05) is 12.1 Å². The molecule has 3 rings (SSSR count). The summed E-state index contributed by atoms with van der Waals surface area (Å²) >= 11 is 0. The van der Waals surface area contributed by atoms with Gasteiger partial charge in [0.1, 0.15) is 18.1 Å². The van der Waals surface area contributed by atoms with Crippen molar-refractivity contribution in [1.29, 1.82) is 0 Å². The van der Waals surface area contributed by atoms with Crippen molar-refractivity contribution in [1.82, 2.24) is 4.90 Å². The fraction of sp³-hybridized carbons (Fsp3) is 0.192. The van der Waals surface area contributed by atoms with Crippen LogP contribution in [-0.4, -0.2) is 50.1 Å². The molecule has 0 spiro atoms. The van der Waals surface area contributed by atoms with E-state index in [9.17, 15) is 14.3 Å². The van der Waals surface area contributed by atoms with Gasteiger partial charge in [0.25, 0.3) is 0 Å². The zero-order chi connectivity index (χ0) is 23.1. The lowest BCUT2D eigenvalue weighted by Gasteiger charge is -2.15. The van der Waals surface area contributed by atoms with Gasteiger partial charge in [-0.1, -0.05) is 36.4 Å². The quantitative estimate of drug-likeness (QED) is 0.377. The summed E-state index contributed by atoms with van der Waals surface area (Å²) in [6.07, 6.45) is 2.87. The van der Waals surface area contributed by atoms with Crippen LogP contribution >= 0.6 is 0 Å². The average molecular weight is 435 g/mol. The van der Waals surface area contributed by atoms with Gasteiger partial charge in [0.05, 0.1) is 12.7 Å². The predicted octanol–water partition coefficient (Wildman–Crippen LogP) is 5.04. The molecule has 0 aliphatic heterocycles. The fourth-order valence-electron chi connectivity index (χ4n) is 3.13. The van der Waals surface area contributed by atoms with Crippen molar-refractivity contribution in [2.24, 2.45) is 0 Å². The van der Waals surface area contributed by atoms with E-state index in [0.29, 0.717) is 35.8 Å². The van der Waals surface area contributed by atoms with E-state index in [1.165, 1.54) is 30.4 Å². The Kier molecular flexibility index (Phi) is 7.63. The van der Waals surface area contributed by atoms with Crippen LogP contribution in [0.5, 0.6) is 17.2 Å². The Labute approximate surface area is 187 Å². The smallest absolute Gasteiger partial charge is 0.189 e. The lowest BCUT2D eigenvalue weighted by atomic mass is 9.99. The normalized spacial score (nSPS) is 11.2. The third kappa shape index (κ3) is 5.74. The molecule has 3 aromatic rings. The van der Waals surface area contributed by atoms with Crippen molar-refractivity contribution >= 4 is 11.9 Å². The van der Waals surface area contributed by atoms with E-state index in [1.807, 2.05) is 49.3 Å². The molecule has 5 nitrogen and oxygen atoms in total. The standard InChI is InChI=1S/C26H26FNO4/c1-28(2)14-15-32-26-13-10-19(20-6-4-5-7-25(20)31-3)17-21(26)23(29)11-8-18-9-12-24(30)22(27)16-18/h4-13,16-17,30H,14-15H2,1-3H3. The second kappa shape index (κ2) is 10.6. The van der Waals surface area contributed by atoms with Crippen molar-refractivity contribution in [3.05, 3.63) is 83.7 Å². The SMILES string of the molecule is COc1ccccc1-c1ccc(OCCN(C)C)c(C(=O)C=Cc2ccc(O)c(F)c2)c1. The topological polar surface area (TPSA) is 59.0 Å². The van der Waals surface area contributed by atoms with Crippen LogP contribution in [-0.2, 0) is 0 Å². The van der Waals surface area contributed by atoms with E-state index in [0.717, 1.165) is 11.1 Å². The van der Waals surface area contributed by atoms with Gasteiger partial charge >= 0.3 is 0 Å². The van der Waals surface area contributed by atoms with Crippen LogP contribution in [0, 0.1) is 5.82 Å². The van der Waals surface area contributed by atoms with E-state index in [1.54, 1.807) is 19.2 Å². The highest BCUT2D eigenvalue weighted by molar-refractivity contribution is 6.09. The number of phenols is 1. The number of benzene rings is 3. The van der Waals surface area contributed by atoms with E-state index in [-0.39, 0.29) is 5.78 Å². The zero-order valence-electron chi connectivity index (χ0n) is 18.3. The first-order valence-electron chi connectivity index (χ1n) is 10.1. The number of hydrogen-bond acceptors (Lipinski definition) is 5. The van der Waals surface area contributed by atoms with Gasteiger partial charge in [0.15, 0.2) is 17.3 Å². The number of halogens is 1. The van der Waals surface area contributed by atoms with Crippen LogP contribution in [0.2, 0.25) is 0 Å². The van der Waals surface area contributed by atoms with Gasteiger partial charge in [-0.2, -0.15) is 0 Å². The molecule has 0 saturated carbocycles. The highest BCUT2D eigenvalue weighted by atomic mass is 19.1. The Morgan fingerprint density at radius 1 is 1.06 bits per heavy atom. The van der Waals surface area contributed by atoms with E-state index < -0.39 is 11.6 Å². The van der Waals surface area contributed by atoms with Crippen molar-refractivity contribution < 1.29 is 23.8 Å². The summed E-state index contributed by atoms with van der Waals surface area (Å²) in [5.74, 6) is -0.297. The molecule has 0 amide bonds. The minimum absolute atomic E-state index is 0.282. The number of rotatable bonds is 9. The van der Waals surface area contributed by atoms with E-state index in [4.69, 9.17) is 9.47 Å². The Balaban J connectivity index is 1.96. The summed E-state index contributed by atoms with van der Waals surface area (Å²) in [6.45, 7) is 1.12. The largest absolute Gasteiger partial charge is 0.505 e. The lowest BCUT2D eigenvalue weighted by molar-refractivity contribution is 0.104. The molecule has 0 aromatic heterocycles. The van der Waals surface area contributed by atoms with Crippen molar-refractivity contribution in [2.45, 2.75) is 0 Å². The number of methoxy groups -OCH3 is 1. The summed E-state index contributed by atoms with van der Waals surface area (Å²) < 4.78 is 24.9. The highest BCUT2D eigenvalue weighted by Crippen LogP contribution is 2.33. The van der Waals surface area contributed by atoms with Crippen LogP contribution < -0.4 is 9.47 Å². The number of carbonyl (C=O) groups is 1. The third-order valence-electron chi connectivity index (χ3n) is 4.86. The van der Waals surface area contributed by atoms with Crippen LogP contribution in [0.3, 0.4) is 0 Å². The van der Waals surface area contributed by atoms with Gasteiger partial charge in [-0.3, -0.25) is 4.79 Å². The van der Waals surface area contributed by atoms with Gasteiger partial charge < -0.3 is 19.5 Å². The molecule has 0 saturated heterocycles. The second-order valence-corrected chi connectivity index (χ2v) is 7.47. The number of allylic oxidation sites excluding steroid dienone is 1. The Bertz CT molecular complexity index is 1120. The number of nitrogens with zero attached hydrogens (tertiary/aromatic N) is 1. The highest BCUT2D eigenvalue weighted by Gasteiger charge is 2.14. The first-order chi connectivity index (χ1) is 15.4. The Morgan fingerprint density at radius 2 is 1.84 bits per heavy atom. The monoisotopic (exact) mass is 435 g/mol. The predicted molar refractivity (Wildman–Crippen MR) is 124 cm³/mol. The van der Waals surface area contributed by atoms with Crippen LogP contribution in [0.15, 0.2) is 66.7 Å². The molecule has 32 heavy (non-hydrogen) atoms. The molecule has 6 heteroatoms. The van der Waals surface area contributed by atoms with Crippen LogP contribution in [0.4, 0.5) is 4.39 Å². The molecule has 0 aliphatic rings. The van der Waals surface area contributed by atoms with E-state index in [2.05, 4.69) is 0 Å². The second-order valence-electron chi connectivity index (χ2n) is 7.47. The Hall–Kier alpha value is -3.64. The third-order valence-corrected chi connectivity index (χ3v) is 4.86. The minimum Gasteiger partial charge on any atom is -0.505 e. The number of ketones is 1. The molecular formula is C26H26FNO4. The number of ether oxygens (including phenoxy) is 2. The summed E-state index contributed by atoms with van der Waals surface area (Å²) in [5, 5.41) is 9.34. The molecule has 3 aromatic carbocycles. The number of carbonyl (C=O) groups excluding carboxylic acids is 1. The van der Waals surface area contributed by atoms with Crippen molar-refractivity contribution in [3.63, 3.8) is 0 Å². The van der Waals surface area contributed by atoms with Gasteiger partial charge in [-0.25, -0.2) is 4.39 Å². The maximum atomic E-state index is 13.6. The summed E-state index contributed by atoms with van der Waals surface area (Å²) in [4.78, 5) is 15.1. The molecule has 0 aliphatic carbocycles.